The number of pyridine rings is 1. The Balaban J connectivity index is 1.91. The minimum absolute atomic E-state index is 0.178. The van der Waals surface area contributed by atoms with Crippen molar-refractivity contribution in [2.75, 3.05) is 0 Å². The van der Waals surface area contributed by atoms with E-state index in [-0.39, 0.29) is 12.3 Å². The van der Waals surface area contributed by atoms with Crippen LogP contribution in [0.15, 0.2) is 72.6 Å². The van der Waals surface area contributed by atoms with E-state index in [4.69, 9.17) is 11.6 Å². The number of carbonyl (C=O) groups is 1. The number of nitrogens with zero attached hydrogens (tertiary/aromatic N) is 2. The summed E-state index contributed by atoms with van der Waals surface area (Å²) < 4.78 is 38.7. The standard InChI is InChI=1S/C29H27ClF3N3O/c1-4-28(3,16-25-13-10-23(18-35-25)29(31,32)33)27(37)36-19(2)26(15-20-8-11-24(30)12-9-20)22-7-5-6-21(14-22)17-34/h5-14,18H,4,15-16H2,1-3H3,(H,36,37)/b26-19-. The van der Waals surface area contributed by atoms with Gasteiger partial charge in [-0.3, -0.25) is 9.78 Å². The number of alkyl halides is 3. The van der Waals surface area contributed by atoms with Crippen LogP contribution in [0.3, 0.4) is 0 Å². The average molecular weight is 526 g/mol. The fourth-order valence-corrected chi connectivity index (χ4v) is 4.02. The zero-order chi connectivity index (χ0) is 27.2. The zero-order valence-corrected chi connectivity index (χ0v) is 21.5. The summed E-state index contributed by atoms with van der Waals surface area (Å²) in [5.74, 6) is -0.265. The molecule has 1 amide bonds. The van der Waals surface area contributed by atoms with Gasteiger partial charge in [0.15, 0.2) is 0 Å². The van der Waals surface area contributed by atoms with Gasteiger partial charge in [-0.25, -0.2) is 0 Å². The number of hydrogen-bond donors (Lipinski definition) is 1. The normalized spacial score (nSPS) is 13.8. The van der Waals surface area contributed by atoms with Crippen molar-refractivity contribution in [3.05, 3.63) is 106 Å². The van der Waals surface area contributed by atoms with E-state index in [9.17, 15) is 23.2 Å². The van der Waals surface area contributed by atoms with E-state index in [1.165, 1.54) is 6.07 Å². The Bertz CT molecular complexity index is 1330. The van der Waals surface area contributed by atoms with E-state index in [0.29, 0.717) is 34.8 Å². The molecule has 0 spiro atoms. The van der Waals surface area contributed by atoms with E-state index >= 15 is 0 Å². The van der Waals surface area contributed by atoms with Crippen LogP contribution < -0.4 is 5.32 Å². The largest absolute Gasteiger partial charge is 0.417 e. The molecule has 0 radical (unpaired) electrons. The van der Waals surface area contributed by atoms with Gasteiger partial charge in [-0.2, -0.15) is 18.4 Å². The lowest BCUT2D eigenvalue weighted by Gasteiger charge is -2.28. The maximum Gasteiger partial charge on any atom is 0.417 e. The molecule has 1 unspecified atom stereocenters. The summed E-state index contributed by atoms with van der Waals surface area (Å²) in [7, 11) is 0. The number of benzene rings is 2. The monoisotopic (exact) mass is 525 g/mol. The summed E-state index contributed by atoms with van der Waals surface area (Å²) >= 11 is 6.03. The van der Waals surface area contributed by atoms with Gasteiger partial charge in [-0.15, -0.1) is 0 Å². The van der Waals surface area contributed by atoms with E-state index < -0.39 is 17.2 Å². The molecule has 3 rings (SSSR count). The van der Waals surface area contributed by atoms with Crippen LogP contribution >= 0.6 is 11.6 Å². The summed E-state index contributed by atoms with van der Waals surface area (Å²) in [5, 5.41) is 13.0. The van der Waals surface area contributed by atoms with Gasteiger partial charge < -0.3 is 5.32 Å². The first-order valence-electron chi connectivity index (χ1n) is 11.7. The Morgan fingerprint density at radius 2 is 1.81 bits per heavy atom. The number of allylic oxidation sites excluding steroid dienone is 2. The summed E-state index contributed by atoms with van der Waals surface area (Å²) in [5.41, 5.74) is 2.39. The molecular weight excluding hydrogens is 499 g/mol. The molecule has 192 valence electrons. The molecule has 37 heavy (non-hydrogen) atoms. The first-order chi connectivity index (χ1) is 17.4. The molecule has 1 atom stereocenters. The highest BCUT2D eigenvalue weighted by atomic mass is 35.5. The van der Waals surface area contributed by atoms with Crippen molar-refractivity contribution >= 4 is 23.1 Å². The van der Waals surface area contributed by atoms with Crippen LogP contribution in [0.4, 0.5) is 13.2 Å². The van der Waals surface area contributed by atoms with E-state index in [1.54, 1.807) is 44.2 Å². The Kier molecular flexibility index (Phi) is 8.77. The molecule has 1 aromatic heterocycles. The zero-order valence-electron chi connectivity index (χ0n) is 20.8. The fourth-order valence-electron chi connectivity index (χ4n) is 3.89. The number of hydrogen-bond acceptors (Lipinski definition) is 3. The van der Waals surface area contributed by atoms with Crippen LogP contribution in [-0.4, -0.2) is 10.9 Å². The number of halogens is 4. The Hall–Kier alpha value is -3.63. The number of rotatable bonds is 8. The van der Waals surface area contributed by atoms with Crippen molar-refractivity contribution in [3.8, 4) is 6.07 Å². The third-order valence-corrected chi connectivity index (χ3v) is 6.69. The first-order valence-corrected chi connectivity index (χ1v) is 12.1. The van der Waals surface area contributed by atoms with Gasteiger partial charge in [-0.1, -0.05) is 49.7 Å². The van der Waals surface area contributed by atoms with Gasteiger partial charge in [-0.05, 0) is 72.9 Å². The summed E-state index contributed by atoms with van der Waals surface area (Å²) in [6.45, 7) is 5.42. The Morgan fingerprint density at radius 3 is 2.38 bits per heavy atom. The van der Waals surface area contributed by atoms with Crippen molar-refractivity contribution in [3.63, 3.8) is 0 Å². The lowest BCUT2D eigenvalue weighted by molar-refractivity contribution is -0.138. The van der Waals surface area contributed by atoms with Crippen LogP contribution in [0.2, 0.25) is 5.02 Å². The second-order valence-corrected chi connectivity index (χ2v) is 9.62. The van der Waals surface area contributed by atoms with Crippen LogP contribution in [0.1, 0.15) is 55.1 Å². The molecule has 0 aliphatic carbocycles. The van der Waals surface area contributed by atoms with E-state index in [0.717, 1.165) is 29.0 Å². The molecule has 1 N–H and O–H groups in total. The van der Waals surface area contributed by atoms with Gasteiger partial charge in [0.05, 0.1) is 22.6 Å². The molecule has 0 aliphatic rings. The van der Waals surface area contributed by atoms with Crippen LogP contribution in [0, 0.1) is 16.7 Å². The van der Waals surface area contributed by atoms with Crippen LogP contribution in [-0.2, 0) is 23.8 Å². The number of carbonyl (C=O) groups excluding carboxylic acids is 1. The summed E-state index contributed by atoms with van der Waals surface area (Å²) in [6.07, 6.45) is -2.56. The molecule has 2 aromatic carbocycles. The second kappa shape index (κ2) is 11.6. The van der Waals surface area contributed by atoms with Crippen molar-refractivity contribution in [1.29, 1.82) is 5.26 Å². The van der Waals surface area contributed by atoms with Gasteiger partial charge in [0, 0.05) is 29.0 Å². The lowest BCUT2D eigenvalue weighted by Crippen LogP contribution is -2.39. The van der Waals surface area contributed by atoms with Crippen molar-refractivity contribution < 1.29 is 18.0 Å². The minimum Gasteiger partial charge on any atom is -0.329 e. The van der Waals surface area contributed by atoms with E-state index in [1.807, 2.05) is 25.1 Å². The molecule has 0 fully saturated rings. The molecule has 3 aromatic rings. The molecule has 8 heteroatoms. The van der Waals surface area contributed by atoms with Gasteiger partial charge in [0.2, 0.25) is 5.91 Å². The molecule has 0 saturated heterocycles. The van der Waals surface area contributed by atoms with E-state index in [2.05, 4.69) is 16.4 Å². The second-order valence-electron chi connectivity index (χ2n) is 9.18. The third-order valence-electron chi connectivity index (χ3n) is 6.44. The van der Waals surface area contributed by atoms with Gasteiger partial charge in [0.1, 0.15) is 0 Å². The maximum absolute atomic E-state index is 13.5. The average Bonchev–Trinajstić information content (AvgIpc) is 2.87. The molecule has 0 saturated carbocycles. The molecule has 1 heterocycles. The highest BCUT2D eigenvalue weighted by molar-refractivity contribution is 6.30. The summed E-state index contributed by atoms with van der Waals surface area (Å²) in [4.78, 5) is 17.4. The molecular formula is C29H27ClF3N3O. The Morgan fingerprint density at radius 1 is 1.11 bits per heavy atom. The number of aromatic nitrogens is 1. The first kappa shape index (κ1) is 27.9. The lowest BCUT2D eigenvalue weighted by atomic mass is 9.81. The SMILES string of the molecule is CCC(C)(Cc1ccc(C(F)(F)F)cn1)C(=O)N/C(C)=C(/Cc1ccc(Cl)cc1)c1cccc(C#N)c1. The number of amides is 1. The van der Waals surface area contributed by atoms with Gasteiger partial charge in [0.25, 0.3) is 0 Å². The molecule has 0 aliphatic heterocycles. The van der Waals surface area contributed by atoms with Crippen molar-refractivity contribution in [1.82, 2.24) is 10.3 Å². The maximum atomic E-state index is 13.5. The quantitative estimate of drug-likeness (QED) is 0.334. The highest BCUT2D eigenvalue weighted by Crippen LogP contribution is 2.31. The Labute approximate surface area is 219 Å². The predicted molar refractivity (Wildman–Crippen MR) is 138 cm³/mol. The van der Waals surface area contributed by atoms with Crippen LogP contribution in [0.5, 0.6) is 0 Å². The number of nitriles is 1. The molecule has 0 bridgehead atoms. The van der Waals surface area contributed by atoms with Crippen LogP contribution in [0.25, 0.3) is 5.57 Å². The fraction of sp³-hybridized carbons (Fsp3) is 0.276. The topological polar surface area (TPSA) is 65.8 Å². The van der Waals surface area contributed by atoms with Gasteiger partial charge >= 0.3 is 6.18 Å². The molecule has 4 nitrogen and oxygen atoms in total. The predicted octanol–water partition coefficient (Wildman–Crippen LogP) is 7.37. The number of nitrogens with one attached hydrogen (secondary N) is 1. The smallest absolute Gasteiger partial charge is 0.329 e. The third kappa shape index (κ3) is 7.21. The van der Waals surface area contributed by atoms with Crippen molar-refractivity contribution in [2.45, 2.75) is 46.2 Å². The summed E-state index contributed by atoms with van der Waals surface area (Å²) in [6, 6.07) is 19.0. The minimum atomic E-state index is -4.47. The highest BCUT2D eigenvalue weighted by Gasteiger charge is 2.34. The van der Waals surface area contributed by atoms with Crippen molar-refractivity contribution in [2.24, 2.45) is 5.41 Å².